The van der Waals surface area contributed by atoms with E-state index in [2.05, 4.69) is 14.8 Å². The second-order valence-electron chi connectivity index (χ2n) is 4.85. The number of unbranched alkanes of at least 4 members (excludes halogenated alkanes) is 1. The number of ether oxygens (including phenoxy) is 2. The summed E-state index contributed by atoms with van der Waals surface area (Å²) in [7, 11) is -2.64. The molecule has 1 aromatic rings. The molecule has 134 valence electrons. The van der Waals surface area contributed by atoms with Gasteiger partial charge in [0.15, 0.2) is 0 Å². The van der Waals surface area contributed by atoms with E-state index >= 15 is 0 Å². The van der Waals surface area contributed by atoms with Crippen LogP contribution in [-0.2, 0) is 24.3 Å². The number of nitrogens with one attached hydrogen (secondary N) is 2. The van der Waals surface area contributed by atoms with Gasteiger partial charge in [0.2, 0.25) is 15.9 Å². The lowest BCUT2D eigenvalue weighted by atomic mass is 10.3. The first kappa shape index (κ1) is 19.9. The Balaban J connectivity index is 2.52. The Morgan fingerprint density at radius 2 is 1.79 bits per heavy atom. The summed E-state index contributed by atoms with van der Waals surface area (Å²) in [6.45, 7) is 1.82. The molecule has 9 heteroatoms. The minimum absolute atomic E-state index is 0.0195. The number of benzene rings is 1. The Morgan fingerprint density at radius 3 is 2.38 bits per heavy atom. The first-order valence-electron chi connectivity index (χ1n) is 7.45. The number of methoxy groups -OCH3 is 1. The van der Waals surface area contributed by atoms with Crippen LogP contribution in [0.3, 0.4) is 0 Å². The van der Waals surface area contributed by atoms with Crippen molar-refractivity contribution in [1.29, 1.82) is 0 Å². The van der Waals surface area contributed by atoms with Crippen LogP contribution in [0.4, 0.5) is 0 Å². The monoisotopic (exact) mass is 358 g/mol. The molecular formula is C15H22N2O6S. The van der Waals surface area contributed by atoms with Crippen molar-refractivity contribution in [2.24, 2.45) is 0 Å². The molecular weight excluding hydrogens is 336 g/mol. The number of amides is 1. The molecule has 0 bridgehead atoms. The number of sulfonamides is 1. The van der Waals surface area contributed by atoms with Crippen LogP contribution < -0.4 is 14.8 Å². The van der Waals surface area contributed by atoms with Crippen molar-refractivity contribution in [1.82, 2.24) is 10.0 Å². The number of hydrogen-bond acceptors (Lipinski definition) is 6. The van der Waals surface area contributed by atoms with Gasteiger partial charge in [0.05, 0.1) is 25.2 Å². The Kier molecular flexibility index (Phi) is 8.20. The van der Waals surface area contributed by atoms with E-state index in [1.807, 2.05) is 6.92 Å². The topological polar surface area (TPSA) is 111 Å². The van der Waals surface area contributed by atoms with E-state index in [1.54, 1.807) is 12.1 Å². The lowest BCUT2D eigenvalue weighted by molar-refractivity contribution is -0.141. The molecule has 24 heavy (non-hydrogen) atoms. The smallest absolute Gasteiger partial charge is 0.325 e. The summed E-state index contributed by atoms with van der Waals surface area (Å²) in [5, 5.41) is 2.23. The van der Waals surface area contributed by atoms with Crippen LogP contribution in [0, 0.1) is 0 Å². The second-order valence-corrected chi connectivity index (χ2v) is 6.62. The third kappa shape index (κ3) is 6.97. The van der Waals surface area contributed by atoms with E-state index in [-0.39, 0.29) is 11.4 Å². The fraction of sp³-hybridized carbons (Fsp3) is 0.467. The Labute approximate surface area is 141 Å². The van der Waals surface area contributed by atoms with Crippen molar-refractivity contribution in [3.05, 3.63) is 24.3 Å². The van der Waals surface area contributed by atoms with Gasteiger partial charge in [-0.15, -0.1) is 0 Å². The molecule has 0 radical (unpaired) electrons. The molecule has 0 saturated heterocycles. The van der Waals surface area contributed by atoms with E-state index < -0.39 is 28.4 Å². The highest BCUT2D eigenvalue weighted by atomic mass is 32.2. The summed E-state index contributed by atoms with van der Waals surface area (Å²) in [4.78, 5) is 22.4. The van der Waals surface area contributed by atoms with Crippen molar-refractivity contribution in [3.63, 3.8) is 0 Å². The molecule has 0 spiro atoms. The van der Waals surface area contributed by atoms with Crippen molar-refractivity contribution < 1.29 is 27.5 Å². The van der Waals surface area contributed by atoms with Crippen LogP contribution in [0.15, 0.2) is 29.2 Å². The lowest BCUT2D eigenvalue weighted by Crippen LogP contribution is -2.39. The zero-order valence-corrected chi connectivity index (χ0v) is 14.5. The summed E-state index contributed by atoms with van der Waals surface area (Å²) >= 11 is 0. The first-order valence-corrected chi connectivity index (χ1v) is 8.93. The summed E-state index contributed by atoms with van der Waals surface area (Å²) in [6.07, 6.45) is 1.93. The van der Waals surface area contributed by atoms with Gasteiger partial charge in [0.1, 0.15) is 12.3 Å². The van der Waals surface area contributed by atoms with E-state index in [1.165, 1.54) is 19.2 Å². The van der Waals surface area contributed by atoms with Gasteiger partial charge in [0, 0.05) is 0 Å². The molecule has 1 amide bonds. The molecule has 0 atom stereocenters. The maximum atomic E-state index is 12.1. The van der Waals surface area contributed by atoms with Crippen LogP contribution in [0.1, 0.15) is 19.8 Å². The molecule has 0 saturated carbocycles. The van der Waals surface area contributed by atoms with Crippen molar-refractivity contribution in [3.8, 4) is 5.75 Å². The maximum Gasteiger partial charge on any atom is 0.325 e. The van der Waals surface area contributed by atoms with Gasteiger partial charge in [-0.1, -0.05) is 13.3 Å². The van der Waals surface area contributed by atoms with Crippen LogP contribution >= 0.6 is 0 Å². The standard InChI is InChI=1S/C15H22N2O6S/c1-3-4-9-23-12-5-7-13(8-6-12)24(20,21)17-10-14(18)16-11-15(19)22-2/h5-8,17H,3-4,9-11H2,1-2H3,(H,16,18). The predicted octanol–water partition coefficient (Wildman–Crippen LogP) is 0.433. The van der Waals surface area contributed by atoms with E-state index in [0.29, 0.717) is 12.4 Å². The van der Waals surface area contributed by atoms with Crippen LogP contribution in [0.25, 0.3) is 0 Å². The number of carbonyl (C=O) groups is 2. The third-order valence-corrected chi connectivity index (χ3v) is 4.40. The first-order chi connectivity index (χ1) is 11.4. The van der Waals surface area contributed by atoms with Gasteiger partial charge >= 0.3 is 5.97 Å². The van der Waals surface area contributed by atoms with Gasteiger partial charge in [-0.3, -0.25) is 9.59 Å². The van der Waals surface area contributed by atoms with Gasteiger partial charge in [-0.25, -0.2) is 13.1 Å². The lowest BCUT2D eigenvalue weighted by Gasteiger charge is -2.09. The zero-order chi connectivity index (χ0) is 18.0. The van der Waals surface area contributed by atoms with Gasteiger partial charge < -0.3 is 14.8 Å². The van der Waals surface area contributed by atoms with Crippen molar-refractivity contribution >= 4 is 21.9 Å². The molecule has 0 aromatic heterocycles. The van der Waals surface area contributed by atoms with Gasteiger partial charge in [0.25, 0.3) is 0 Å². The summed E-state index contributed by atoms with van der Waals surface area (Å²) in [5.41, 5.74) is 0. The molecule has 0 fully saturated rings. The number of rotatable bonds is 10. The van der Waals surface area contributed by atoms with Gasteiger partial charge in [-0.2, -0.15) is 0 Å². The maximum absolute atomic E-state index is 12.1. The Morgan fingerprint density at radius 1 is 1.12 bits per heavy atom. The fourth-order valence-corrected chi connectivity index (χ4v) is 2.58. The summed E-state index contributed by atoms with van der Waals surface area (Å²) in [6, 6.07) is 5.91. The average Bonchev–Trinajstić information content (AvgIpc) is 2.58. The third-order valence-electron chi connectivity index (χ3n) is 2.98. The minimum Gasteiger partial charge on any atom is -0.494 e. The van der Waals surface area contributed by atoms with E-state index in [9.17, 15) is 18.0 Å². The Bertz CT molecular complexity index is 642. The molecule has 1 rings (SSSR count). The minimum atomic E-state index is -3.82. The average molecular weight is 358 g/mol. The largest absolute Gasteiger partial charge is 0.494 e. The molecule has 0 aliphatic heterocycles. The highest BCUT2D eigenvalue weighted by Gasteiger charge is 2.16. The van der Waals surface area contributed by atoms with E-state index in [0.717, 1.165) is 12.8 Å². The molecule has 0 unspecified atom stereocenters. The summed E-state index contributed by atoms with van der Waals surface area (Å²) in [5.74, 6) is -0.674. The molecule has 0 aliphatic rings. The van der Waals surface area contributed by atoms with Crippen LogP contribution in [0.2, 0.25) is 0 Å². The highest BCUT2D eigenvalue weighted by Crippen LogP contribution is 2.16. The number of esters is 1. The number of carbonyl (C=O) groups excluding carboxylic acids is 2. The SMILES string of the molecule is CCCCOc1ccc(S(=O)(=O)NCC(=O)NCC(=O)OC)cc1. The van der Waals surface area contributed by atoms with Crippen LogP contribution in [-0.4, -0.2) is 47.1 Å². The quantitative estimate of drug-likeness (QED) is 0.464. The normalized spacial score (nSPS) is 10.9. The van der Waals surface area contributed by atoms with E-state index in [4.69, 9.17) is 4.74 Å². The van der Waals surface area contributed by atoms with Crippen LogP contribution in [0.5, 0.6) is 5.75 Å². The van der Waals surface area contributed by atoms with Crippen molar-refractivity contribution in [2.45, 2.75) is 24.7 Å². The van der Waals surface area contributed by atoms with Gasteiger partial charge in [-0.05, 0) is 30.7 Å². The highest BCUT2D eigenvalue weighted by molar-refractivity contribution is 7.89. The number of hydrogen-bond donors (Lipinski definition) is 2. The molecule has 8 nitrogen and oxygen atoms in total. The summed E-state index contributed by atoms with van der Waals surface area (Å²) < 4.78 is 36.1. The van der Waals surface area contributed by atoms with Crippen molar-refractivity contribution in [2.75, 3.05) is 26.8 Å². The molecule has 1 aromatic carbocycles. The second kappa shape index (κ2) is 9.89. The predicted molar refractivity (Wildman–Crippen MR) is 87.1 cm³/mol. The molecule has 0 heterocycles. The fourth-order valence-electron chi connectivity index (χ4n) is 1.60. The Hall–Kier alpha value is -2.13. The zero-order valence-electron chi connectivity index (χ0n) is 13.7. The molecule has 2 N–H and O–H groups in total. The molecule has 0 aliphatic carbocycles.